The van der Waals surface area contributed by atoms with E-state index in [2.05, 4.69) is 26.1 Å². The molecule has 5 heteroatoms. The number of ether oxygens (including phenoxy) is 1. The first-order chi connectivity index (χ1) is 8.16. The Morgan fingerprint density at radius 2 is 2.12 bits per heavy atom. The van der Waals surface area contributed by atoms with E-state index in [-0.39, 0.29) is 5.91 Å². The van der Waals surface area contributed by atoms with Crippen LogP contribution in [0.3, 0.4) is 0 Å². The lowest BCUT2D eigenvalue weighted by molar-refractivity contribution is -0.114. The van der Waals surface area contributed by atoms with E-state index >= 15 is 0 Å². The van der Waals surface area contributed by atoms with Gasteiger partial charge in [0.1, 0.15) is 0 Å². The fourth-order valence-corrected chi connectivity index (χ4v) is 2.48. The Morgan fingerprint density at radius 1 is 1.41 bits per heavy atom. The molecular formula is C12H15BrN2O2. The normalized spacial score (nSPS) is 15.8. The van der Waals surface area contributed by atoms with E-state index in [4.69, 9.17) is 4.74 Å². The summed E-state index contributed by atoms with van der Waals surface area (Å²) in [5.74, 6) is -0.0592. The predicted octanol–water partition coefficient (Wildman–Crippen LogP) is 2.24. The number of anilines is 2. The van der Waals surface area contributed by atoms with Gasteiger partial charge in [-0.3, -0.25) is 4.79 Å². The zero-order chi connectivity index (χ0) is 12.3. The molecule has 0 radical (unpaired) electrons. The Balaban J connectivity index is 2.15. The average Bonchev–Trinajstić information content (AvgIpc) is 2.29. The molecule has 17 heavy (non-hydrogen) atoms. The quantitative estimate of drug-likeness (QED) is 0.910. The van der Waals surface area contributed by atoms with Crippen molar-refractivity contribution < 1.29 is 9.53 Å². The van der Waals surface area contributed by atoms with Gasteiger partial charge in [0.2, 0.25) is 5.91 Å². The van der Waals surface area contributed by atoms with Crippen LogP contribution >= 0.6 is 15.9 Å². The molecule has 1 saturated heterocycles. The first-order valence-electron chi connectivity index (χ1n) is 5.56. The SMILES string of the molecule is CC(=O)Nc1ccc(N2CCOCC2)c(Br)c1. The van der Waals surface area contributed by atoms with Crippen molar-refractivity contribution in [1.29, 1.82) is 0 Å². The minimum atomic E-state index is -0.0592. The molecule has 92 valence electrons. The smallest absolute Gasteiger partial charge is 0.221 e. The van der Waals surface area contributed by atoms with Crippen molar-refractivity contribution >= 4 is 33.2 Å². The second kappa shape index (κ2) is 5.51. The van der Waals surface area contributed by atoms with Gasteiger partial charge >= 0.3 is 0 Å². The topological polar surface area (TPSA) is 41.6 Å². The molecule has 1 aromatic carbocycles. The summed E-state index contributed by atoms with van der Waals surface area (Å²) in [6.45, 7) is 4.83. The van der Waals surface area contributed by atoms with Gasteiger partial charge in [0, 0.05) is 30.2 Å². The molecule has 1 aliphatic heterocycles. The summed E-state index contributed by atoms with van der Waals surface area (Å²) in [4.78, 5) is 13.2. The third-order valence-electron chi connectivity index (χ3n) is 2.62. The molecular weight excluding hydrogens is 284 g/mol. The molecule has 1 aromatic rings. The molecule has 1 aliphatic rings. The molecule has 0 spiro atoms. The molecule has 1 N–H and O–H groups in total. The average molecular weight is 299 g/mol. The third-order valence-corrected chi connectivity index (χ3v) is 3.25. The van der Waals surface area contributed by atoms with Gasteiger partial charge < -0.3 is 15.0 Å². The first-order valence-corrected chi connectivity index (χ1v) is 6.36. The number of hydrogen-bond donors (Lipinski definition) is 1. The maximum absolute atomic E-state index is 11.0. The van der Waals surface area contributed by atoms with Crippen molar-refractivity contribution in [3.05, 3.63) is 22.7 Å². The van der Waals surface area contributed by atoms with Gasteiger partial charge in [-0.2, -0.15) is 0 Å². The summed E-state index contributed by atoms with van der Waals surface area (Å²) < 4.78 is 6.31. The standard InChI is InChI=1S/C12H15BrN2O2/c1-9(16)14-10-2-3-12(11(13)8-10)15-4-6-17-7-5-15/h2-3,8H,4-7H2,1H3,(H,14,16). The molecule has 1 amide bonds. The summed E-state index contributed by atoms with van der Waals surface area (Å²) in [5.41, 5.74) is 1.95. The fraction of sp³-hybridized carbons (Fsp3) is 0.417. The van der Waals surface area contributed by atoms with Crippen LogP contribution in [0.4, 0.5) is 11.4 Å². The van der Waals surface area contributed by atoms with Crippen molar-refractivity contribution in [2.45, 2.75) is 6.92 Å². The van der Waals surface area contributed by atoms with Crippen molar-refractivity contribution in [1.82, 2.24) is 0 Å². The van der Waals surface area contributed by atoms with Crippen LogP contribution in [-0.4, -0.2) is 32.2 Å². The molecule has 0 unspecified atom stereocenters. The summed E-state index contributed by atoms with van der Waals surface area (Å²) >= 11 is 3.54. The van der Waals surface area contributed by atoms with Crippen LogP contribution < -0.4 is 10.2 Å². The number of hydrogen-bond acceptors (Lipinski definition) is 3. The monoisotopic (exact) mass is 298 g/mol. The van der Waals surface area contributed by atoms with Crippen LogP contribution in [0.15, 0.2) is 22.7 Å². The highest BCUT2D eigenvalue weighted by Gasteiger charge is 2.14. The van der Waals surface area contributed by atoms with E-state index in [1.165, 1.54) is 6.92 Å². The summed E-state index contributed by atoms with van der Waals surface area (Å²) in [6, 6.07) is 5.85. The zero-order valence-electron chi connectivity index (χ0n) is 9.70. The highest BCUT2D eigenvalue weighted by atomic mass is 79.9. The van der Waals surface area contributed by atoms with Crippen LogP contribution in [0.5, 0.6) is 0 Å². The molecule has 0 aromatic heterocycles. The Hall–Kier alpha value is -1.07. The van der Waals surface area contributed by atoms with E-state index in [1.54, 1.807) is 0 Å². The van der Waals surface area contributed by atoms with E-state index in [1.807, 2.05) is 18.2 Å². The van der Waals surface area contributed by atoms with Gasteiger partial charge in [-0.25, -0.2) is 0 Å². The maximum atomic E-state index is 11.0. The predicted molar refractivity (Wildman–Crippen MR) is 71.5 cm³/mol. The maximum Gasteiger partial charge on any atom is 0.221 e. The summed E-state index contributed by atoms with van der Waals surface area (Å²) in [6.07, 6.45) is 0. The molecule has 4 nitrogen and oxygen atoms in total. The van der Waals surface area contributed by atoms with Crippen molar-refractivity contribution in [3.63, 3.8) is 0 Å². The minimum absolute atomic E-state index is 0.0592. The summed E-state index contributed by atoms with van der Waals surface area (Å²) in [7, 11) is 0. The van der Waals surface area contributed by atoms with Gasteiger partial charge in [-0.15, -0.1) is 0 Å². The third kappa shape index (κ3) is 3.20. The van der Waals surface area contributed by atoms with E-state index < -0.39 is 0 Å². The van der Waals surface area contributed by atoms with Gasteiger partial charge in [0.15, 0.2) is 0 Å². The number of morpholine rings is 1. The molecule has 1 heterocycles. The Labute approximate surface area is 109 Å². The van der Waals surface area contributed by atoms with E-state index in [0.29, 0.717) is 0 Å². The number of carbonyl (C=O) groups excluding carboxylic acids is 1. The second-order valence-corrected chi connectivity index (χ2v) is 4.80. The van der Waals surface area contributed by atoms with Crippen molar-refractivity contribution in [2.24, 2.45) is 0 Å². The number of nitrogens with zero attached hydrogens (tertiary/aromatic N) is 1. The molecule has 0 bridgehead atoms. The van der Waals surface area contributed by atoms with Gasteiger partial charge in [0.25, 0.3) is 0 Å². The number of carbonyl (C=O) groups is 1. The van der Waals surface area contributed by atoms with E-state index in [0.717, 1.165) is 42.2 Å². The number of nitrogens with one attached hydrogen (secondary N) is 1. The first kappa shape index (κ1) is 12.4. The van der Waals surface area contributed by atoms with Crippen LogP contribution in [0, 0.1) is 0 Å². The Morgan fingerprint density at radius 3 is 2.71 bits per heavy atom. The Bertz CT molecular complexity index is 417. The lowest BCUT2D eigenvalue weighted by Gasteiger charge is -2.29. The zero-order valence-corrected chi connectivity index (χ0v) is 11.3. The number of rotatable bonds is 2. The highest BCUT2D eigenvalue weighted by Crippen LogP contribution is 2.29. The molecule has 0 atom stereocenters. The number of halogens is 1. The van der Waals surface area contributed by atoms with Crippen molar-refractivity contribution in [2.75, 3.05) is 36.5 Å². The molecule has 1 fully saturated rings. The van der Waals surface area contributed by atoms with Crippen LogP contribution in [0.2, 0.25) is 0 Å². The van der Waals surface area contributed by atoms with Gasteiger partial charge in [-0.1, -0.05) is 0 Å². The molecule has 0 saturated carbocycles. The highest BCUT2D eigenvalue weighted by molar-refractivity contribution is 9.10. The minimum Gasteiger partial charge on any atom is -0.378 e. The lowest BCUT2D eigenvalue weighted by Crippen LogP contribution is -2.36. The second-order valence-electron chi connectivity index (χ2n) is 3.95. The van der Waals surface area contributed by atoms with Crippen LogP contribution in [0.25, 0.3) is 0 Å². The summed E-state index contributed by atoms with van der Waals surface area (Å²) in [5, 5.41) is 2.76. The van der Waals surface area contributed by atoms with Gasteiger partial charge in [-0.05, 0) is 34.1 Å². The molecule has 0 aliphatic carbocycles. The van der Waals surface area contributed by atoms with E-state index in [9.17, 15) is 4.79 Å². The Kier molecular flexibility index (Phi) is 4.02. The lowest BCUT2D eigenvalue weighted by atomic mass is 10.2. The van der Waals surface area contributed by atoms with Crippen LogP contribution in [-0.2, 0) is 9.53 Å². The van der Waals surface area contributed by atoms with Gasteiger partial charge in [0.05, 0.1) is 18.9 Å². The van der Waals surface area contributed by atoms with Crippen molar-refractivity contribution in [3.8, 4) is 0 Å². The number of amides is 1. The molecule has 2 rings (SSSR count). The van der Waals surface area contributed by atoms with Crippen LogP contribution in [0.1, 0.15) is 6.92 Å². The largest absolute Gasteiger partial charge is 0.378 e. The fourth-order valence-electron chi connectivity index (χ4n) is 1.85. The number of benzene rings is 1.